The van der Waals surface area contributed by atoms with E-state index in [9.17, 15) is 9.59 Å². The number of morpholine rings is 1. The highest BCUT2D eigenvalue weighted by molar-refractivity contribution is 5.96. The van der Waals surface area contributed by atoms with Crippen molar-refractivity contribution in [2.45, 2.75) is 19.9 Å². The van der Waals surface area contributed by atoms with Crippen LogP contribution in [0.3, 0.4) is 0 Å². The van der Waals surface area contributed by atoms with Gasteiger partial charge < -0.3 is 14.8 Å². The van der Waals surface area contributed by atoms with Gasteiger partial charge in [-0.15, -0.1) is 0 Å². The average Bonchev–Trinajstić information content (AvgIpc) is 2.75. The average molecular weight is 412 g/mol. The zero-order valence-electron chi connectivity index (χ0n) is 17.5. The van der Waals surface area contributed by atoms with Crippen LogP contribution in [-0.2, 0) is 9.47 Å². The molecular formula is C23H29N3O4. The molecule has 0 spiro atoms. The fourth-order valence-electron chi connectivity index (χ4n) is 3.34. The molecule has 30 heavy (non-hydrogen) atoms. The standard InChI is InChI=1S/C23H29N3O4/c1-3-30-23(28)24-20-6-4-5-19(15-20)22(27)25-21(16-26-11-13-29-14-12-26)18-9-7-17(2)8-10-18/h4-10,15,21H,3,11-14,16H2,1-2H3,(H,24,28)(H,25,27)/t21-/m1/s1. The van der Waals surface area contributed by atoms with Crippen molar-refractivity contribution in [2.75, 3.05) is 44.8 Å². The number of nitrogens with zero attached hydrogens (tertiary/aromatic N) is 1. The molecule has 3 rings (SSSR count). The molecule has 160 valence electrons. The summed E-state index contributed by atoms with van der Waals surface area (Å²) >= 11 is 0. The fraction of sp³-hybridized carbons (Fsp3) is 0.391. The Bertz CT molecular complexity index is 848. The van der Waals surface area contributed by atoms with Crippen molar-refractivity contribution >= 4 is 17.7 Å². The molecule has 1 saturated heterocycles. The predicted molar refractivity (Wildman–Crippen MR) is 116 cm³/mol. The van der Waals surface area contributed by atoms with Gasteiger partial charge in [-0.3, -0.25) is 15.0 Å². The molecule has 1 fully saturated rings. The minimum Gasteiger partial charge on any atom is -0.450 e. The minimum atomic E-state index is -0.542. The molecule has 1 atom stereocenters. The van der Waals surface area contributed by atoms with E-state index in [1.807, 2.05) is 6.92 Å². The van der Waals surface area contributed by atoms with Gasteiger partial charge in [0, 0.05) is 30.9 Å². The summed E-state index contributed by atoms with van der Waals surface area (Å²) in [6, 6.07) is 14.9. The first-order chi connectivity index (χ1) is 14.5. The lowest BCUT2D eigenvalue weighted by molar-refractivity contribution is 0.0332. The first-order valence-electron chi connectivity index (χ1n) is 10.3. The SMILES string of the molecule is CCOC(=O)Nc1cccc(C(=O)N[C@H](CN2CCOCC2)c2ccc(C)cc2)c1. The molecule has 2 N–H and O–H groups in total. The highest BCUT2D eigenvalue weighted by atomic mass is 16.5. The Labute approximate surface area is 177 Å². The number of aryl methyl sites for hydroxylation is 1. The number of benzene rings is 2. The van der Waals surface area contributed by atoms with E-state index in [4.69, 9.17) is 9.47 Å². The van der Waals surface area contributed by atoms with Gasteiger partial charge in [-0.1, -0.05) is 35.9 Å². The van der Waals surface area contributed by atoms with E-state index in [1.54, 1.807) is 31.2 Å². The first kappa shape index (κ1) is 21.8. The van der Waals surface area contributed by atoms with Crippen LogP contribution in [-0.4, -0.2) is 56.4 Å². The lowest BCUT2D eigenvalue weighted by Gasteiger charge is -2.31. The maximum absolute atomic E-state index is 13.0. The van der Waals surface area contributed by atoms with E-state index in [0.29, 0.717) is 31.0 Å². The molecule has 0 saturated carbocycles. The number of rotatable bonds is 7. The van der Waals surface area contributed by atoms with Gasteiger partial charge in [-0.05, 0) is 37.6 Å². The van der Waals surface area contributed by atoms with E-state index in [-0.39, 0.29) is 18.6 Å². The maximum Gasteiger partial charge on any atom is 0.411 e. The lowest BCUT2D eigenvalue weighted by atomic mass is 10.0. The lowest BCUT2D eigenvalue weighted by Crippen LogP contribution is -2.43. The van der Waals surface area contributed by atoms with Crippen LogP contribution in [0.2, 0.25) is 0 Å². The Morgan fingerprint density at radius 1 is 1.13 bits per heavy atom. The zero-order chi connectivity index (χ0) is 21.3. The first-order valence-corrected chi connectivity index (χ1v) is 10.3. The van der Waals surface area contributed by atoms with Crippen molar-refractivity contribution in [3.63, 3.8) is 0 Å². The smallest absolute Gasteiger partial charge is 0.411 e. The van der Waals surface area contributed by atoms with Crippen LogP contribution in [0.15, 0.2) is 48.5 Å². The van der Waals surface area contributed by atoms with Crippen molar-refractivity contribution in [1.82, 2.24) is 10.2 Å². The zero-order valence-corrected chi connectivity index (χ0v) is 17.5. The monoisotopic (exact) mass is 411 g/mol. The molecule has 2 amide bonds. The van der Waals surface area contributed by atoms with Gasteiger partial charge in [0.2, 0.25) is 0 Å². The third-order valence-electron chi connectivity index (χ3n) is 4.98. The second kappa shape index (κ2) is 10.8. The summed E-state index contributed by atoms with van der Waals surface area (Å²) in [5, 5.41) is 5.79. The van der Waals surface area contributed by atoms with E-state index >= 15 is 0 Å². The molecule has 2 aromatic rings. The molecule has 1 aliphatic heterocycles. The quantitative estimate of drug-likeness (QED) is 0.730. The molecule has 2 aromatic carbocycles. The van der Waals surface area contributed by atoms with Crippen molar-refractivity contribution < 1.29 is 19.1 Å². The number of carbonyl (C=O) groups excluding carboxylic acids is 2. The normalized spacial score (nSPS) is 15.3. The fourth-order valence-corrected chi connectivity index (χ4v) is 3.34. The van der Waals surface area contributed by atoms with Crippen LogP contribution >= 0.6 is 0 Å². The van der Waals surface area contributed by atoms with Gasteiger partial charge in [0.05, 0.1) is 25.9 Å². The number of amides is 2. The van der Waals surface area contributed by atoms with Crippen LogP contribution in [0.1, 0.15) is 34.5 Å². The highest BCUT2D eigenvalue weighted by Crippen LogP contribution is 2.18. The Kier molecular flexibility index (Phi) is 7.82. The number of carbonyl (C=O) groups is 2. The maximum atomic E-state index is 13.0. The van der Waals surface area contributed by atoms with Gasteiger partial charge in [0.1, 0.15) is 0 Å². The Hall–Kier alpha value is -2.90. The second-order valence-corrected chi connectivity index (χ2v) is 7.28. The number of hydrogen-bond donors (Lipinski definition) is 2. The summed E-state index contributed by atoms with van der Waals surface area (Å²) in [6.07, 6.45) is -0.542. The predicted octanol–water partition coefficient (Wildman–Crippen LogP) is 3.37. The summed E-state index contributed by atoms with van der Waals surface area (Å²) in [6.45, 7) is 7.87. The third-order valence-corrected chi connectivity index (χ3v) is 4.98. The molecule has 1 aliphatic rings. The Balaban J connectivity index is 1.73. The molecule has 1 heterocycles. The molecule has 0 bridgehead atoms. The summed E-state index contributed by atoms with van der Waals surface area (Å²) < 4.78 is 10.3. The largest absolute Gasteiger partial charge is 0.450 e. The molecule has 0 aromatic heterocycles. The minimum absolute atomic E-state index is 0.155. The Morgan fingerprint density at radius 3 is 2.57 bits per heavy atom. The molecule has 0 aliphatic carbocycles. The van der Waals surface area contributed by atoms with E-state index in [0.717, 1.165) is 18.7 Å². The number of anilines is 1. The van der Waals surface area contributed by atoms with E-state index in [1.165, 1.54) is 5.56 Å². The van der Waals surface area contributed by atoms with Crippen LogP contribution in [0.25, 0.3) is 0 Å². The van der Waals surface area contributed by atoms with Crippen molar-refractivity contribution in [3.05, 3.63) is 65.2 Å². The molecule has 0 unspecified atom stereocenters. The Morgan fingerprint density at radius 2 is 1.87 bits per heavy atom. The van der Waals surface area contributed by atoms with Crippen molar-refractivity contribution in [2.24, 2.45) is 0 Å². The highest BCUT2D eigenvalue weighted by Gasteiger charge is 2.21. The molecule has 7 heteroatoms. The topological polar surface area (TPSA) is 79.9 Å². The number of ether oxygens (including phenoxy) is 2. The summed E-state index contributed by atoms with van der Waals surface area (Å²) in [5.74, 6) is -0.193. The van der Waals surface area contributed by atoms with Crippen LogP contribution in [0.4, 0.5) is 10.5 Å². The third kappa shape index (κ3) is 6.30. The van der Waals surface area contributed by atoms with Gasteiger partial charge in [0.15, 0.2) is 0 Å². The molecular weight excluding hydrogens is 382 g/mol. The van der Waals surface area contributed by atoms with Crippen LogP contribution in [0.5, 0.6) is 0 Å². The summed E-state index contributed by atoms with van der Waals surface area (Å²) in [4.78, 5) is 27.0. The molecule has 0 radical (unpaired) electrons. The van der Waals surface area contributed by atoms with Crippen LogP contribution in [0, 0.1) is 6.92 Å². The number of nitrogens with one attached hydrogen (secondary N) is 2. The van der Waals surface area contributed by atoms with Gasteiger partial charge in [0.25, 0.3) is 5.91 Å². The van der Waals surface area contributed by atoms with Crippen LogP contribution < -0.4 is 10.6 Å². The van der Waals surface area contributed by atoms with Crippen molar-refractivity contribution in [3.8, 4) is 0 Å². The van der Waals surface area contributed by atoms with Gasteiger partial charge in [-0.2, -0.15) is 0 Å². The number of hydrogen-bond acceptors (Lipinski definition) is 5. The van der Waals surface area contributed by atoms with Gasteiger partial charge >= 0.3 is 6.09 Å². The van der Waals surface area contributed by atoms with E-state index < -0.39 is 6.09 Å². The van der Waals surface area contributed by atoms with Gasteiger partial charge in [-0.25, -0.2) is 4.79 Å². The van der Waals surface area contributed by atoms with Crippen molar-refractivity contribution in [1.29, 1.82) is 0 Å². The summed E-state index contributed by atoms with van der Waals surface area (Å²) in [5.41, 5.74) is 3.22. The summed E-state index contributed by atoms with van der Waals surface area (Å²) in [7, 11) is 0. The molecule has 7 nitrogen and oxygen atoms in total. The second-order valence-electron chi connectivity index (χ2n) is 7.28. The van der Waals surface area contributed by atoms with E-state index in [2.05, 4.69) is 39.8 Å².